The largest absolute Gasteiger partial charge is 0.486 e. The van der Waals surface area contributed by atoms with Crippen molar-refractivity contribution >= 4 is 33.2 Å². The number of allylic oxidation sites excluding steroid dienone is 1. The van der Waals surface area contributed by atoms with Gasteiger partial charge in [-0.2, -0.15) is 0 Å². The smallest absolute Gasteiger partial charge is 0.241 e. The fourth-order valence-corrected chi connectivity index (χ4v) is 4.37. The Labute approximate surface area is 182 Å². The van der Waals surface area contributed by atoms with Crippen molar-refractivity contribution in [2.45, 2.75) is 43.6 Å². The van der Waals surface area contributed by atoms with Crippen LogP contribution in [0.2, 0.25) is 0 Å². The molecule has 0 fully saturated rings. The molecule has 0 saturated heterocycles. The molecule has 1 amide bonds. The number of hydrogen-bond donors (Lipinski definition) is 2. The summed E-state index contributed by atoms with van der Waals surface area (Å²) in [5.41, 5.74) is 0.556. The van der Waals surface area contributed by atoms with Gasteiger partial charge in [-0.25, -0.2) is 13.6 Å². The number of nitrogens with one attached hydrogen (secondary N) is 1. The van der Waals surface area contributed by atoms with Crippen molar-refractivity contribution in [3.8, 4) is 5.75 Å². The molecule has 2 aromatic carbocycles. The van der Waals surface area contributed by atoms with Crippen LogP contribution in [0.4, 0.5) is 5.69 Å². The Morgan fingerprint density at radius 3 is 2.60 bits per heavy atom. The van der Waals surface area contributed by atoms with Gasteiger partial charge in [0, 0.05) is 23.1 Å². The molecule has 2 atom stereocenters. The summed E-state index contributed by atoms with van der Waals surface area (Å²) < 4.78 is 30.6. The first-order valence-electron chi connectivity index (χ1n) is 9.61. The zero-order valence-electron chi connectivity index (χ0n) is 16.9. The van der Waals surface area contributed by atoms with Gasteiger partial charge in [-0.3, -0.25) is 4.79 Å². The number of benzene rings is 2. The molecule has 6 nitrogen and oxygen atoms in total. The number of carbonyl (C=O) groups is 1. The highest BCUT2D eigenvalue weighted by Crippen LogP contribution is 2.39. The summed E-state index contributed by atoms with van der Waals surface area (Å²) in [6.07, 6.45) is 3.26. The topological polar surface area (TPSA) is 98.5 Å². The lowest BCUT2D eigenvalue weighted by atomic mass is 9.81. The monoisotopic (exact) mass is 448 g/mol. The van der Waals surface area contributed by atoms with Gasteiger partial charge in [0.15, 0.2) is 0 Å². The molecule has 0 aromatic heterocycles. The van der Waals surface area contributed by atoms with E-state index in [1.807, 2.05) is 50.3 Å². The average molecular weight is 449 g/mol. The Hall–Kier alpha value is -2.35. The number of rotatable bonds is 6. The minimum absolute atomic E-state index is 0.0774. The Bertz CT molecular complexity index is 1070. The molecule has 0 radical (unpaired) electrons. The van der Waals surface area contributed by atoms with E-state index in [0.717, 1.165) is 10.6 Å². The van der Waals surface area contributed by atoms with Crippen LogP contribution in [-0.2, 0) is 21.2 Å². The van der Waals surface area contributed by atoms with E-state index in [0.29, 0.717) is 18.5 Å². The highest BCUT2D eigenvalue weighted by Gasteiger charge is 2.37. The second-order valence-corrected chi connectivity index (χ2v) is 9.81. The minimum Gasteiger partial charge on any atom is -0.486 e. The van der Waals surface area contributed by atoms with Crippen LogP contribution in [0.1, 0.15) is 32.3 Å². The van der Waals surface area contributed by atoms with Crippen LogP contribution in [0.5, 0.6) is 5.75 Å². The van der Waals surface area contributed by atoms with E-state index in [4.69, 9.17) is 21.5 Å². The number of carbonyl (C=O) groups excluding carboxylic acids is 1. The van der Waals surface area contributed by atoms with Crippen LogP contribution >= 0.6 is 11.6 Å². The Kier molecular flexibility index (Phi) is 6.55. The second kappa shape index (κ2) is 8.79. The van der Waals surface area contributed by atoms with Crippen LogP contribution in [0.25, 0.3) is 0 Å². The molecule has 0 saturated carbocycles. The summed E-state index contributed by atoms with van der Waals surface area (Å²) in [5.74, 6) is -0.0317. The third-order valence-corrected chi connectivity index (χ3v) is 6.60. The fourth-order valence-electron chi connectivity index (χ4n) is 3.38. The minimum atomic E-state index is -4.07. The van der Waals surface area contributed by atoms with Gasteiger partial charge in [-0.1, -0.05) is 54.9 Å². The van der Waals surface area contributed by atoms with Gasteiger partial charge in [-0.15, -0.1) is 0 Å². The molecule has 2 unspecified atom stereocenters. The highest BCUT2D eigenvalue weighted by molar-refractivity contribution is 7.89. The Balaban J connectivity index is 1.83. The van der Waals surface area contributed by atoms with E-state index in [2.05, 4.69) is 5.32 Å². The number of ether oxygens (including phenoxy) is 1. The lowest BCUT2D eigenvalue weighted by Crippen LogP contribution is -2.41. The standard InChI is InChI=1S/C22H25ClN2O4S/c1-15-12-17(23)10-11-22(15,2)29-19-9-8-18(14-20(19)30(24,27)28)25-21(26)13-16-6-4-3-5-7-16/h3-10,14-15H,11-13H2,1-2H3,(H,25,26)(H2,24,27,28). The fraction of sp³-hybridized carbons (Fsp3) is 0.318. The first kappa shape index (κ1) is 22.3. The van der Waals surface area contributed by atoms with Crippen LogP contribution in [-0.4, -0.2) is 19.9 Å². The van der Waals surface area contributed by atoms with Gasteiger partial charge in [0.1, 0.15) is 16.2 Å². The quantitative estimate of drug-likeness (QED) is 0.691. The molecule has 0 heterocycles. The molecule has 0 spiro atoms. The molecule has 160 valence electrons. The Morgan fingerprint density at radius 2 is 1.97 bits per heavy atom. The molecule has 0 aliphatic heterocycles. The summed E-state index contributed by atoms with van der Waals surface area (Å²) in [6.45, 7) is 3.92. The van der Waals surface area contributed by atoms with Gasteiger partial charge in [0.2, 0.25) is 15.9 Å². The summed E-state index contributed by atoms with van der Waals surface area (Å²) in [4.78, 5) is 12.2. The van der Waals surface area contributed by atoms with Crippen LogP contribution in [0, 0.1) is 5.92 Å². The molecule has 30 heavy (non-hydrogen) atoms. The average Bonchev–Trinajstić information content (AvgIpc) is 2.66. The number of amides is 1. The number of halogens is 1. The lowest BCUT2D eigenvalue weighted by Gasteiger charge is -2.38. The van der Waals surface area contributed by atoms with Crippen molar-refractivity contribution in [3.63, 3.8) is 0 Å². The van der Waals surface area contributed by atoms with Crippen LogP contribution in [0.3, 0.4) is 0 Å². The molecule has 1 aliphatic carbocycles. The SMILES string of the molecule is CC1CC(Cl)=CCC1(C)Oc1ccc(NC(=O)Cc2ccccc2)cc1S(N)(=O)=O. The van der Waals surface area contributed by atoms with E-state index in [1.54, 1.807) is 6.07 Å². The summed E-state index contributed by atoms with van der Waals surface area (Å²) in [7, 11) is -4.07. The van der Waals surface area contributed by atoms with Crippen molar-refractivity contribution < 1.29 is 17.9 Å². The Morgan fingerprint density at radius 1 is 1.27 bits per heavy atom. The molecule has 0 bridgehead atoms. The maximum absolute atomic E-state index is 12.3. The first-order valence-corrected chi connectivity index (χ1v) is 11.5. The number of anilines is 1. The van der Waals surface area contributed by atoms with Crippen molar-refractivity contribution in [2.75, 3.05) is 5.32 Å². The summed E-state index contributed by atoms with van der Waals surface area (Å²) in [6, 6.07) is 13.7. The number of hydrogen-bond acceptors (Lipinski definition) is 4. The molecule has 2 aromatic rings. The first-order chi connectivity index (χ1) is 14.1. The molecule has 1 aliphatic rings. The molecular formula is C22H25ClN2O4S. The van der Waals surface area contributed by atoms with E-state index in [9.17, 15) is 13.2 Å². The summed E-state index contributed by atoms with van der Waals surface area (Å²) >= 11 is 6.12. The predicted molar refractivity (Wildman–Crippen MR) is 118 cm³/mol. The van der Waals surface area contributed by atoms with E-state index < -0.39 is 15.6 Å². The number of sulfonamides is 1. The van der Waals surface area contributed by atoms with Gasteiger partial charge < -0.3 is 10.1 Å². The number of primary sulfonamides is 1. The predicted octanol–water partition coefficient (Wildman–Crippen LogP) is 4.21. The zero-order valence-corrected chi connectivity index (χ0v) is 18.5. The third kappa shape index (κ3) is 5.41. The molecule has 8 heteroatoms. The van der Waals surface area contributed by atoms with E-state index in [-0.39, 0.29) is 28.9 Å². The van der Waals surface area contributed by atoms with Crippen molar-refractivity contribution in [2.24, 2.45) is 11.1 Å². The molecule has 3 rings (SSSR count). The molecular weight excluding hydrogens is 424 g/mol. The second-order valence-electron chi connectivity index (χ2n) is 7.79. The van der Waals surface area contributed by atoms with E-state index >= 15 is 0 Å². The highest BCUT2D eigenvalue weighted by atomic mass is 35.5. The zero-order chi connectivity index (χ0) is 21.9. The van der Waals surface area contributed by atoms with Gasteiger partial charge >= 0.3 is 0 Å². The maximum Gasteiger partial charge on any atom is 0.241 e. The van der Waals surface area contributed by atoms with E-state index in [1.165, 1.54) is 12.1 Å². The van der Waals surface area contributed by atoms with Gasteiger partial charge in [0.05, 0.1) is 6.42 Å². The van der Waals surface area contributed by atoms with Crippen molar-refractivity contribution in [1.82, 2.24) is 0 Å². The molecule has 3 N–H and O–H groups in total. The lowest BCUT2D eigenvalue weighted by molar-refractivity contribution is -0.115. The third-order valence-electron chi connectivity index (χ3n) is 5.36. The maximum atomic E-state index is 12.3. The normalized spacial score (nSPS) is 21.6. The van der Waals surface area contributed by atoms with Gasteiger partial charge in [0.25, 0.3) is 0 Å². The van der Waals surface area contributed by atoms with Gasteiger partial charge in [-0.05, 0) is 37.1 Å². The number of nitrogens with two attached hydrogens (primary N) is 1. The van der Waals surface area contributed by atoms with Crippen molar-refractivity contribution in [3.05, 3.63) is 65.2 Å². The summed E-state index contributed by atoms with van der Waals surface area (Å²) in [5, 5.41) is 8.92. The van der Waals surface area contributed by atoms with Crippen LogP contribution < -0.4 is 15.2 Å². The van der Waals surface area contributed by atoms with Crippen molar-refractivity contribution in [1.29, 1.82) is 0 Å². The van der Waals surface area contributed by atoms with Crippen LogP contribution in [0.15, 0.2) is 64.5 Å².